The lowest BCUT2D eigenvalue weighted by Crippen LogP contribution is -2.44. The van der Waals surface area contributed by atoms with E-state index < -0.39 is 8.32 Å². The molecule has 0 atom stereocenters. The molecule has 0 saturated heterocycles. The molecule has 0 unspecified atom stereocenters. The molecule has 0 radical (unpaired) electrons. The number of carbonyl (C=O) groups excluding carboxylic acids is 1. The molecular formula is C21H36N2O2Si. The first-order chi connectivity index (χ1) is 11.9. The van der Waals surface area contributed by atoms with Gasteiger partial charge < -0.3 is 15.1 Å². The summed E-state index contributed by atoms with van der Waals surface area (Å²) in [6, 6.07) is 5.96. The summed E-state index contributed by atoms with van der Waals surface area (Å²) in [5.74, 6) is 0.461. The molecule has 5 heteroatoms. The summed E-state index contributed by atoms with van der Waals surface area (Å²) >= 11 is 0. The molecule has 0 aromatic heterocycles. The largest absolute Gasteiger partial charge is 0.414 e. The number of nitrogens with two attached hydrogens (primary N) is 1. The zero-order chi connectivity index (χ0) is 19.7. The predicted molar refractivity (Wildman–Crippen MR) is 112 cm³/mol. The van der Waals surface area contributed by atoms with Gasteiger partial charge in [-0.05, 0) is 67.4 Å². The van der Waals surface area contributed by atoms with E-state index in [4.69, 9.17) is 10.2 Å². The fourth-order valence-corrected chi connectivity index (χ4v) is 4.78. The molecule has 1 aliphatic carbocycles. The second kappa shape index (κ2) is 7.73. The third kappa shape index (κ3) is 4.68. The highest BCUT2D eigenvalue weighted by molar-refractivity contribution is 6.74. The van der Waals surface area contributed by atoms with Gasteiger partial charge in [-0.1, -0.05) is 26.8 Å². The second-order valence-electron chi connectivity index (χ2n) is 9.40. The van der Waals surface area contributed by atoms with Gasteiger partial charge in [-0.15, -0.1) is 0 Å². The van der Waals surface area contributed by atoms with Crippen molar-refractivity contribution in [2.24, 2.45) is 0 Å². The van der Waals surface area contributed by atoms with E-state index in [9.17, 15) is 4.79 Å². The minimum atomic E-state index is -1.70. The Hall–Kier alpha value is -1.33. The van der Waals surface area contributed by atoms with E-state index >= 15 is 0 Å². The molecule has 2 rings (SSSR count). The van der Waals surface area contributed by atoms with Crippen LogP contribution in [0.15, 0.2) is 18.2 Å². The maximum atomic E-state index is 12.3. The minimum Gasteiger partial charge on any atom is -0.414 e. The van der Waals surface area contributed by atoms with Crippen LogP contribution in [0.2, 0.25) is 18.1 Å². The van der Waals surface area contributed by atoms with Crippen molar-refractivity contribution in [2.45, 2.75) is 76.6 Å². The van der Waals surface area contributed by atoms with Gasteiger partial charge in [-0.25, -0.2) is 0 Å². The van der Waals surface area contributed by atoms with Crippen LogP contribution in [-0.2, 0) is 4.43 Å². The van der Waals surface area contributed by atoms with E-state index in [-0.39, 0.29) is 10.9 Å². The molecule has 1 aliphatic rings. The third-order valence-corrected chi connectivity index (χ3v) is 10.7. The Bertz CT molecular complexity index is 642. The Morgan fingerprint density at radius 1 is 1.15 bits per heavy atom. The predicted octanol–water partition coefficient (Wildman–Crippen LogP) is 5.02. The SMILES string of the molecule is CN(C)C(=O)c1cc(C2CCC(O[Si](C)(C)C(C)(C)C)CC2)ccc1N. The zero-order valence-corrected chi connectivity index (χ0v) is 18.6. The molecule has 4 nitrogen and oxygen atoms in total. The highest BCUT2D eigenvalue weighted by Gasteiger charge is 2.39. The topological polar surface area (TPSA) is 55.6 Å². The van der Waals surface area contributed by atoms with Crippen LogP contribution in [-0.4, -0.2) is 39.3 Å². The number of nitrogen functional groups attached to an aromatic ring is 1. The van der Waals surface area contributed by atoms with Crippen LogP contribution in [0.3, 0.4) is 0 Å². The number of anilines is 1. The first-order valence-electron chi connectivity index (χ1n) is 9.71. The van der Waals surface area contributed by atoms with Gasteiger partial charge in [0.2, 0.25) is 0 Å². The smallest absolute Gasteiger partial charge is 0.255 e. The summed E-state index contributed by atoms with van der Waals surface area (Å²) in [6.45, 7) is 11.5. The van der Waals surface area contributed by atoms with E-state index in [0.29, 0.717) is 23.3 Å². The van der Waals surface area contributed by atoms with Gasteiger partial charge in [0.05, 0.1) is 5.56 Å². The normalized spacial score (nSPS) is 21.5. The van der Waals surface area contributed by atoms with Crippen molar-refractivity contribution in [1.29, 1.82) is 0 Å². The van der Waals surface area contributed by atoms with Crippen LogP contribution >= 0.6 is 0 Å². The molecule has 1 fully saturated rings. The number of carbonyl (C=O) groups is 1. The zero-order valence-electron chi connectivity index (χ0n) is 17.6. The molecule has 0 spiro atoms. The molecule has 0 heterocycles. The Balaban J connectivity index is 2.04. The number of rotatable bonds is 4. The molecular weight excluding hydrogens is 340 g/mol. The summed E-state index contributed by atoms with van der Waals surface area (Å²) in [5.41, 5.74) is 8.43. The molecule has 1 saturated carbocycles. The summed E-state index contributed by atoms with van der Waals surface area (Å²) in [6.07, 6.45) is 4.79. The van der Waals surface area contributed by atoms with Crippen molar-refractivity contribution in [3.8, 4) is 0 Å². The van der Waals surface area contributed by atoms with Gasteiger partial charge in [-0.3, -0.25) is 4.79 Å². The van der Waals surface area contributed by atoms with Crippen molar-refractivity contribution in [1.82, 2.24) is 4.90 Å². The maximum absolute atomic E-state index is 12.3. The van der Waals surface area contributed by atoms with Crippen LogP contribution in [0, 0.1) is 0 Å². The Morgan fingerprint density at radius 3 is 2.23 bits per heavy atom. The highest BCUT2D eigenvalue weighted by atomic mass is 28.4. The van der Waals surface area contributed by atoms with Gasteiger partial charge in [0.15, 0.2) is 8.32 Å². The quantitative estimate of drug-likeness (QED) is 0.593. The number of hydrogen-bond acceptors (Lipinski definition) is 3. The molecule has 146 valence electrons. The number of nitrogens with zero attached hydrogens (tertiary/aromatic N) is 1. The number of benzene rings is 1. The Kier molecular flexibility index (Phi) is 6.23. The molecule has 1 aromatic carbocycles. The second-order valence-corrected chi connectivity index (χ2v) is 14.2. The standard InChI is InChI=1S/C21H36N2O2Si/c1-21(2,3)26(6,7)25-17-11-8-15(9-12-17)16-10-13-19(22)18(14-16)20(24)23(4)5/h10,13-15,17H,8-9,11-12,22H2,1-7H3. The lowest BCUT2D eigenvalue weighted by molar-refractivity contribution is 0.0828. The molecule has 1 aromatic rings. The van der Waals surface area contributed by atoms with E-state index in [2.05, 4.69) is 39.9 Å². The van der Waals surface area contributed by atoms with Crippen molar-refractivity contribution >= 4 is 19.9 Å². The average Bonchev–Trinajstić information content (AvgIpc) is 2.54. The summed E-state index contributed by atoms with van der Waals surface area (Å²) < 4.78 is 6.60. The van der Waals surface area contributed by atoms with E-state index in [1.165, 1.54) is 5.56 Å². The van der Waals surface area contributed by atoms with E-state index in [1.807, 2.05) is 12.1 Å². The fraction of sp³-hybridized carbons (Fsp3) is 0.667. The van der Waals surface area contributed by atoms with Crippen LogP contribution in [0.25, 0.3) is 0 Å². The molecule has 0 aliphatic heterocycles. The molecule has 26 heavy (non-hydrogen) atoms. The van der Waals surface area contributed by atoms with Gasteiger partial charge in [0.1, 0.15) is 0 Å². The fourth-order valence-electron chi connectivity index (χ4n) is 3.36. The van der Waals surface area contributed by atoms with Gasteiger partial charge >= 0.3 is 0 Å². The van der Waals surface area contributed by atoms with Crippen LogP contribution in [0.4, 0.5) is 5.69 Å². The minimum absolute atomic E-state index is 0.0284. The van der Waals surface area contributed by atoms with Gasteiger partial charge in [-0.2, -0.15) is 0 Å². The Labute approximate surface area is 160 Å². The van der Waals surface area contributed by atoms with Gasteiger partial charge in [0, 0.05) is 25.9 Å². The molecule has 0 bridgehead atoms. The number of hydrogen-bond donors (Lipinski definition) is 1. The first kappa shape index (κ1) is 21.0. The average molecular weight is 377 g/mol. The summed E-state index contributed by atoms with van der Waals surface area (Å²) in [5, 5.41) is 0.252. The van der Waals surface area contributed by atoms with Crippen molar-refractivity contribution in [2.75, 3.05) is 19.8 Å². The van der Waals surface area contributed by atoms with Crippen molar-refractivity contribution < 1.29 is 9.22 Å². The highest BCUT2D eigenvalue weighted by Crippen LogP contribution is 2.41. The molecule has 1 amide bonds. The van der Waals surface area contributed by atoms with Crippen LogP contribution in [0.5, 0.6) is 0 Å². The summed E-state index contributed by atoms with van der Waals surface area (Å²) in [4.78, 5) is 13.9. The monoisotopic (exact) mass is 376 g/mol. The lowest BCUT2D eigenvalue weighted by Gasteiger charge is -2.41. The lowest BCUT2D eigenvalue weighted by atomic mass is 9.82. The Morgan fingerprint density at radius 2 is 1.73 bits per heavy atom. The van der Waals surface area contributed by atoms with Crippen molar-refractivity contribution in [3.63, 3.8) is 0 Å². The molecule has 2 N–H and O–H groups in total. The van der Waals surface area contributed by atoms with E-state index in [1.54, 1.807) is 19.0 Å². The van der Waals surface area contributed by atoms with Gasteiger partial charge in [0.25, 0.3) is 5.91 Å². The van der Waals surface area contributed by atoms with Crippen LogP contribution in [0.1, 0.15) is 68.3 Å². The maximum Gasteiger partial charge on any atom is 0.255 e. The number of amides is 1. The van der Waals surface area contributed by atoms with E-state index in [0.717, 1.165) is 25.7 Å². The third-order valence-electron chi connectivity index (χ3n) is 6.13. The van der Waals surface area contributed by atoms with Crippen molar-refractivity contribution in [3.05, 3.63) is 29.3 Å². The first-order valence-corrected chi connectivity index (χ1v) is 12.6. The summed E-state index contributed by atoms with van der Waals surface area (Å²) in [7, 11) is 1.82. The van der Waals surface area contributed by atoms with Crippen LogP contribution < -0.4 is 5.73 Å².